The van der Waals surface area contributed by atoms with Crippen molar-refractivity contribution < 1.29 is 14.0 Å². The Labute approximate surface area is 217 Å². The molecule has 0 unspecified atom stereocenters. The van der Waals surface area contributed by atoms with Gasteiger partial charge in [0.2, 0.25) is 11.8 Å². The van der Waals surface area contributed by atoms with Gasteiger partial charge in [-0.05, 0) is 53.8 Å². The number of halogens is 2. The second-order valence-electron chi connectivity index (χ2n) is 9.50. The molecule has 0 heterocycles. The highest BCUT2D eigenvalue weighted by atomic mass is 35.5. The van der Waals surface area contributed by atoms with Crippen molar-refractivity contribution in [2.75, 3.05) is 0 Å². The molecule has 1 aliphatic carbocycles. The summed E-state index contributed by atoms with van der Waals surface area (Å²) >= 11 is 6.08. The summed E-state index contributed by atoms with van der Waals surface area (Å²) in [4.78, 5) is 29.1. The number of hydrogen-bond acceptors (Lipinski definition) is 2. The molecule has 1 fully saturated rings. The van der Waals surface area contributed by atoms with Crippen molar-refractivity contribution in [2.24, 2.45) is 0 Å². The van der Waals surface area contributed by atoms with Gasteiger partial charge in [-0.15, -0.1) is 0 Å². The zero-order valence-corrected chi connectivity index (χ0v) is 21.1. The van der Waals surface area contributed by atoms with Crippen LogP contribution in [0.5, 0.6) is 0 Å². The number of carbonyl (C=O) groups excluding carboxylic acids is 2. The van der Waals surface area contributed by atoms with Crippen LogP contribution < -0.4 is 5.32 Å². The SMILES string of the molecule is O=C(NC1CCCCC1)[C@H](Cc1ccccc1)N(Cc1ccc(Cl)cc1)C(=O)Cc1ccc(F)cc1. The average molecular weight is 507 g/mol. The third-order valence-electron chi connectivity index (χ3n) is 6.76. The molecule has 0 aliphatic heterocycles. The second kappa shape index (κ2) is 12.7. The average Bonchev–Trinajstić information content (AvgIpc) is 2.89. The number of rotatable bonds is 9. The van der Waals surface area contributed by atoms with Crippen molar-refractivity contribution in [3.8, 4) is 0 Å². The van der Waals surface area contributed by atoms with E-state index in [2.05, 4.69) is 5.32 Å². The second-order valence-corrected chi connectivity index (χ2v) is 9.94. The van der Waals surface area contributed by atoms with E-state index in [1.54, 1.807) is 29.2 Å². The van der Waals surface area contributed by atoms with Crippen molar-refractivity contribution in [3.05, 3.63) is 106 Å². The van der Waals surface area contributed by atoms with Crippen LogP contribution in [-0.4, -0.2) is 28.8 Å². The van der Waals surface area contributed by atoms with E-state index in [0.717, 1.165) is 36.8 Å². The maximum atomic E-state index is 13.7. The van der Waals surface area contributed by atoms with E-state index in [9.17, 15) is 14.0 Å². The van der Waals surface area contributed by atoms with Crippen LogP contribution in [0.1, 0.15) is 48.8 Å². The third-order valence-corrected chi connectivity index (χ3v) is 7.01. The summed E-state index contributed by atoms with van der Waals surface area (Å²) in [6.07, 6.45) is 5.81. The Balaban J connectivity index is 1.64. The first kappa shape index (κ1) is 25.9. The molecular formula is C30H32ClFN2O2. The number of nitrogens with zero attached hydrogens (tertiary/aromatic N) is 1. The largest absolute Gasteiger partial charge is 0.352 e. The van der Waals surface area contributed by atoms with Crippen LogP contribution in [0.2, 0.25) is 5.02 Å². The topological polar surface area (TPSA) is 49.4 Å². The van der Waals surface area contributed by atoms with Gasteiger partial charge in [0.25, 0.3) is 0 Å². The van der Waals surface area contributed by atoms with E-state index < -0.39 is 6.04 Å². The zero-order chi connectivity index (χ0) is 25.3. The third kappa shape index (κ3) is 7.41. The van der Waals surface area contributed by atoms with Crippen LogP contribution in [0.4, 0.5) is 4.39 Å². The predicted octanol–water partition coefficient (Wildman–Crippen LogP) is 6.11. The number of amides is 2. The van der Waals surface area contributed by atoms with E-state index in [1.807, 2.05) is 42.5 Å². The molecule has 1 aliphatic rings. The van der Waals surface area contributed by atoms with E-state index >= 15 is 0 Å². The van der Waals surface area contributed by atoms with Gasteiger partial charge in [-0.2, -0.15) is 0 Å². The molecule has 6 heteroatoms. The smallest absolute Gasteiger partial charge is 0.243 e. The summed E-state index contributed by atoms with van der Waals surface area (Å²) in [5.74, 6) is -0.665. The monoisotopic (exact) mass is 506 g/mol. The molecule has 0 bridgehead atoms. The van der Waals surface area contributed by atoms with Gasteiger partial charge in [0, 0.05) is 24.0 Å². The Hall–Kier alpha value is -3.18. The van der Waals surface area contributed by atoms with Crippen molar-refractivity contribution >= 4 is 23.4 Å². The highest BCUT2D eigenvalue weighted by Crippen LogP contribution is 2.21. The highest BCUT2D eigenvalue weighted by Gasteiger charge is 2.32. The fraction of sp³-hybridized carbons (Fsp3) is 0.333. The quantitative estimate of drug-likeness (QED) is 0.380. The molecule has 1 N–H and O–H groups in total. The zero-order valence-electron chi connectivity index (χ0n) is 20.3. The van der Waals surface area contributed by atoms with Crippen LogP contribution in [-0.2, 0) is 29.0 Å². The molecule has 4 rings (SSSR count). The Morgan fingerprint density at radius 3 is 2.17 bits per heavy atom. The van der Waals surface area contributed by atoms with E-state index in [4.69, 9.17) is 11.6 Å². The molecule has 3 aromatic carbocycles. The first-order valence-electron chi connectivity index (χ1n) is 12.6. The summed E-state index contributed by atoms with van der Waals surface area (Å²) in [7, 11) is 0. The molecule has 1 saturated carbocycles. The molecule has 188 valence electrons. The van der Waals surface area contributed by atoms with Gasteiger partial charge in [0.1, 0.15) is 11.9 Å². The normalized spacial score (nSPS) is 14.7. The van der Waals surface area contributed by atoms with Crippen LogP contribution >= 0.6 is 11.6 Å². The molecule has 4 nitrogen and oxygen atoms in total. The minimum absolute atomic E-state index is 0.0792. The van der Waals surface area contributed by atoms with Crippen LogP contribution in [0.3, 0.4) is 0 Å². The predicted molar refractivity (Wildman–Crippen MR) is 141 cm³/mol. The Morgan fingerprint density at radius 1 is 0.861 bits per heavy atom. The maximum Gasteiger partial charge on any atom is 0.243 e. The molecular weight excluding hydrogens is 475 g/mol. The van der Waals surface area contributed by atoms with Crippen molar-refractivity contribution in [1.29, 1.82) is 0 Å². The van der Waals surface area contributed by atoms with Gasteiger partial charge >= 0.3 is 0 Å². The van der Waals surface area contributed by atoms with E-state index in [-0.39, 0.29) is 36.6 Å². The molecule has 0 spiro atoms. The Kier molecular flexibility index (Phi) is 9.12. The van der Waals surface area contributed by atoms with Crippen molar-refractivity contribution in [2.45, 2.75) is 63.6 Å². The number of benzene rings is 3. The van der Waals surface area contributed by atoms with Gasteiger partial charge < -0.3 is 10.2 Å². The van der Waals surface area contributed by atoms with Gasteiger partial charge in [0.05, 0.1) is 6.42 Å². The molecule has 3 aromatic rings. The van der Waals surface area contributed by atoms with Gasteiger partial charge in [0.15, 0.2) is 0 Å². The van der Waals surface area contributed by atoms with Gasteiger partial charge in [-0.25, -0.2) is 4.39 Å². The number of nitrogens with one attached hydrogen (secondary N) is 1. The fourth-order valence-electron chi connectivity index (χ4n) is 4.76. The Morgan fingerprint density at radius 2 is 1.50 bits per heavy atom. The first-order valence-corrected chi connectivity index (χ1v) is 13.0. The van der Waals surface area contributed by atoms with Crippen LogP contribution in [0, 0.1) is 5.82 Å². The minimum Gasteiger partial charge on any atom is -0.352 e. The minimum atomic E-state index is -0.682. The van der Waals surface area contributed by atoms with Crippen molar-refractivity contribution in [3.63, 3.8) is 0 Å². The molecule has 0 aromatic heterocycles. The van der Waals surface area contributed by atoms with E-state index in [0.29, 0.717) is 17.0 Å². The maximum absolute atomic E-state index is 13.7. The first-order chi connectivity index (χ1) is 17.5. The van der Waals surface area contributed by atoms with E-state index in [1.165, 1.54) is 18.6 Å². The lowest BCUT2D eigenvalue weighted by molar-refractivity contribution is -0.141. The highest BCUT2D eigenvalue weighted by molar-refractivity contribution is 6.30. The lowest BCUT2D eigenvalue weighted by atomic mass is 9.94. The summed E-state index contributed by atoms with van der Waals surface area (Å²) in [5, 5.41) is 3.85. The molecule has 2 amide bonds. The summed E-state index contributed by atoms with van der Waals surface area (Å²) in [6.45, 7) is 0.271. The summed E-state index contributed by atoms with van der Waals surface area (Å²) < 4.78 is 13.4. The Bertz CT molecular complexity index is 1130. The van der Waals surface area contributed by atoms with Crippen molar-refractivity contribution in [1.82, 2.24) is 10.2 Å². The lowest BCUT2D eigenvalue weighted by Crippen LogP contribution is -2.53. The van der Waals surface area contributed by atoms with Gasteiger partial charge in [-0.3, -0.25) is 9.59 Å². The molecule has 1 atom stereocenters. The standard InChI is InChI=1S/C30H32ClFN2O2/c31-25-15-11-24(12-16-25)21-34(29(35)20-23-13-17-26(32)18-14-23)28(19-22-7-3-1-4-8-22)30(36)33-27-9-5-2-6-10-27/h1,3-4,7-8,11-18,27-28H,2,5-6,9-10,19-21H2,(H,33,36)/t28-/m0/s1. The molecule has 36 heavy (non-hydrogen) atoms. The molecule has 0 saturated heterocycles. The van der Waals surface area contributed by atoms with Crippen LogP contribution in [0.25, 0.3) is 0 Å². The lowest BCUT2D eigenvalue weighted by Gasteiger charge is -2.33. The number of hydrogen-bond donors (Lipinski definition) is 1. The van der Waals surface area contributed by atoms with Crippen LogP contribution in [0.15, 0.2) is 78.9 Å². The molecule has 0 radical (unpaired) electrons. The summed E-state index contributed by atoms with van der Waals surface area (Å²) in [6, 6.07) is 22.5. The van der Waals surface area contributed by atoms with Gasteiger partial charge in [-0.1, -0.05) is 85.5 Å². The summed E-state index contributed by atoms with van der Waals surface area (Å²) in [5.41, 5.74) is 2.57. The fourth-order valence-corrected chi connectivity index (χ4v) is 4.89. The number of carbonyl (C=O) groups is 2.